The van der Waals surface area contributed by atoms with Crippen LogP contribution in [0.25, 0.3) is 21.8 Å². The molecule has 18 amide bonds. The summed E-state index contributed by atoms with van der Waals surface area (Å²) >= 11 is 0.735. The molecule has 45 heteroatoms. The van der Waals surface area contributed by atoms with E-state index in [2.05, 4.69) is 73.1 Å². The molecule has 0 bridgehead atoms. The number of unbranched alkanes of at least 4 members (excludes halogenated alkanes) is 2. The lowest BCUT2D eigenvalue weighted by Crippen LogP contribution is -2.62. The Balaban J connectivity index is 1.09. The number of aliphatic hydroxyl groups excluding tert-OH is 3. The van der Waals surface area contributed by atoms with Gasteiger partial charge in [-0.2, -0.15) is 0 Å². The average Bonchev–Trinajstić information content (AvgIpc) is 1.70. The molecule has 15 atom stereocenters. The van der Waals surface area contributed by atoms with Crippen LogP contribution in [0.3, 0.4) is 0 Å². The largest absolute Gasteiger partial charge is 0.497 e. The highest BCUT2D eigenvalue weighted by Crippen LogP contribution is 2.28. The highest BCUT2D eigenvalue weighted by atomic mass is 32.2. The van der Waals surface area contributed by atoms with Crippen molar-refractivity contribution in [1.29, 1.82) is 0 Å². The van der Waals surface area contributed by atoms with E-state index < -0.39 is 267 Å². The second-order valence-electron chi connectivity index (χ2n) is 33.2. The second-order valence-corrected chi connectivity index (χ2v) is 34.2. The fraction of sp³-hybridized carbons (Fsp3) is 0.511. The van der Waals surface area contributed by atoms with Crippen molar-refractivity contribution in [3.05, 3.63) is 120 Å². The molecule has 720 valence electrons. The van der Waals surface area contributed by atoms with Gasteiger partial charge in [-0.05, 0) is 80.0 Å². The number of hydrogen-bond acceptors (Lipinski definition) is 24. The highest BCUT2D eigenvalue weighted by Gasteiger charge is 2.47. The number of para-hydroxylation sites is 2. The van der Waals surface area contributed by atoms with Crippen LogP contribution in [0.4, 0.5) is 0 Å². The van der Waals surface area contributed by atoms with Gasteiger partial charge in [-0.1, -0.05) is 88.1 Å². The van der Waals surface area contributed by atoms with E-state index in [1.807, 2.05) is 6.92 Å². The molecule has 0 unspecified atom stereocenters. The number of ether oxygens (including phenoxy) is 1. The molecule has 3 aromatic carbocycles. The van der Waals surface area contributed by atoms with Crippen molar-refractivity contribution in [3.63, 3.8) is 0 Å². The minimum atomic E-state index is -1.93. The van der Waals surface area contributed by atoms with E-state index in [1.165, 1.54) is 47.7 Å². The van der Waals surface area contributed by atoms with Crippen LogP contribution >= 0.6 is 11.8 Å². The zero-order valence-corrected chi connectivity index (χ0v) is 75.9. The Morgan fingerprint density at radius 1 is 0.526 bits per heavy atom. The van der Waals surface area contributed by atoms with E-state index >= 15 is 33.6 Å². The number of benzene rings is 3. The molecular weight excluding hydrogens is 1750 g/mol. The van der Waals surface area contributed by atoms with Crippen molar-refractivity contribution in [1.82, 2.24) is 97.6 Å². The van der Waals surface area contributed by atoms with Gasteiger partial charge in [-0.15, -0.1) is 11.8 Å². The number of nitrogens with two attached hydrogens (primary N) is 3. The van der Waals surface area contributed by atoms with Crippen LogP contribution < -0.4 is 75.1 Å². The molecule has 3 aliphatic rings. The molecule has 44 nitrogen and oxygen atoms in total. The van der Waals surface area contributed by atoms with Crippen LogP contribution in [-0.4, -0.2) is 329 Å². The Bertz CT molecular complexity index is 5170. The first-order valence-electron chi connectivity index (χ1n) is 43.9. The number of aliphatic hydroxyl groups is 3. The summed E-state index contributed by atoms with van der Waals surface area (Å²) in [5.74, 6) is -18.7. The van der Waals surface area contributed by atoms with Crippen LogP contribution in [0, 0.1) is 0 Å². The lowest BCUT2D eigenvalue weighted by Gasteiger charge is -2.36. The first kappa shape index (κ1) is 103. The highest BCUT2D eigenvalue weighted by molar-refractivity contribution is 8.00. The lowest BCUT2D eigenvalue weighted by atomic mass is 10.00. The number of imidazole rings is 1. The Labute approximate surface area is 770 Å². The number of fused-ring (bicyclic) bond motifs is 4. The maximum Gasteiger partial charge on any atom is 0.246 e. The number of amides is 18. The molecule has 0 spiro atoms. The molecule has 3 saturated heterocycles. The Morgan fingerprint density at radius 3 is 1.62 bits per heavy atom. The molecule has 0 aliphatic carbocycles. The second kappa shape index (κ2) is 49.1. The van der Waals surface area contributed by atoms with Crippen LogP contribution in [0.5, 0.6) is 5.75 Å². The number of carbonyl (C=O) groups excluding carboxylic acids is 18. The maximum atomic E-state index is 15.6. The standard InChI is InChI=1S/C88H120N22O22S/c1-8-10-21-67-81(124)104-65(43-112)80(123)105-66(76(119)95-40-73(91)116)44-133-45-74(117)97-61(31-48-24-26-53(132-7)27-25-48)84(127)106(4)47(3)75(118)101-63(36-72(90)115)87(130)109-30-16-23-68(109)82(125)100-60(34-51-39-92-46-96-51)78(121)98-58(28-29-71(89)114)86(129)110-41-52(113)35-70(110)83(126)99-59(32-49-37-93-56-19-14-12-17-54(49)56)77(120)103-64(42-111)79(122)102-62(33-50-38-94-57-20-15-13-18-55(50)57)85(128)108(6)69(22-11-9-2)88(131)107(67)5/h12-15,17-20,24-27,37-39,46-47,52,58-70,93-94,111-113H,8-11,16,21-23,28-36,40-45H2,1-7H3,(H2,89,114)(H2,90,115)(H2,91,116)(H,92,96)(H,95,119)(H,97,117)(H,98,121)(H,99,126)(H,100,125)(H,101,118)(H,102,122)(H,103,120)(H,104,124)(H,105,123)/t47-,52+,58-,59-,60-,61-,62-,63-,64-,65-,66-,67-,68-,69-,70-/m0/s1. The van der Waals surface area contributed by atoms with Gasteiger partial charge in [0.25, 0.3) is 0 Å². The normalized spacial score (nSPS) is 24.9. The van der Waals surface area contributed by atoms with E-state index in [0.29, 0.717) is 69.9 Å². The zero-order valence-electron chi connectivity index (χ0n) is 75.1. The quantitative estimate of drug-likeness (QED) is 0.0256. The third-order valence-corrected chi connectivity index (χ3v) is 24.7. The molecule has 3 aliphatic heterocycles. The molecule has 0 saturated carbocycles. The fourth-order valence-electron chi connectivity index (χ4n) is 16.2. The first-order chi connectivity index (χ1) is 63.5. The summed E-state index contributed by atoms with van der Waals surface area (Å²) in [6.07, 6.45) is 2.19. The smallest absolute Gasteiger partial charge is 0.246 e. The number of carbonyl (C=O) groups is 18. The predicted octanol–water partition coefficient (Wildman–Crippen LogP) is -4.68. The number of aromatic amines is 3. The van der Waals surface area contributed by atoms with Crippen LogP contribution in [0.2, 0.25) is 0 Å². The summed E-state index contributed by atoms with van der Waals surface area (Å²) in [6.45, 7) is 1.18. The van der Waals surface area contributed by atoms with E-state index in [-0.39, 0.29) is 57.2 Å². The number of methoxy groups -OCH3 is 1. The molecule has 133 heavy (non-hydrogen) atoms. The van der Waals surface area contributed by atoms with Gasteiger partial charge in [0.2, 0.25) is 106 Å². The number of thioether (sulfide) groups is 1. The van der Waals surface area contributed by atoms with Gasteiger partial charge >= 0.3 is 0 Å². The zero-order chi connectivity index (χ0) is 97.0. The Morgan fingerprint density at radius 2 is 1.05 bits per heavy atom. The topological polar surface area (TPSA) is 652 Å². The number of rotatable bonds is 25. The summed E-state index contributed by atoms with van der Waals surface area (Å²) in [6, 6.07) is -2.76. The maximum absolute atomic E-state index is 15.6. The summed E-state index contributed by atoms with van der Waals surface area (Å²) in [4.78, 5) is 279. The molecule has 3 fully saturated rings. The van der Waals surface area contributed by atoms with Crippen molar-refractivity contribution in [2.45, 2.75) is 214 Å². The third-order valence-electron chi connectivity index (χ3n) is 23.7. The lowest BCUT2D eigenvalue weighted by molar-refractivity contribution is -0.149. The van der Waals surface area contributed by atoms with Crippen LogP contribution in [0.1, 0.15) is 120 Å². The van der Waals surface area contributed by atoms with Gasteiger partial charge in [0.05, 0.1) is 57.2 Å². The fourth-order valence-corrected chi connectivity index (χ4v) is 17.0. The predicted molar refractivity (Wildman–Crippen MR) is 482 cm³/mol. The van der Waals surface area contributed by atoms with Crippen molar-refractivity contribution >= 4 is 140 Å². The number of hydrogen-bond donors (Lipinski definition) is 19. The van der Waals surface area contributed by atoms with E-state index in [1.54, 1.807) is 92.1 Å². The van der Waals surface area contributed by atoms with Crippen molar-refractivity contribution < 1.29 is 106 Å². The van der Waals surface area contributed by atoms with Gasteiger partial charge in [-0.25, -0.2) is 4.98 Å². The number of likely N-dealkylation sites (N-methyl/N-ethyl adjacent to an activating group) is 3. The molecular formula is C88H120N22O22S. The summed E-state index contributed by atoms with van der Waals surface area (Å²) in [7, 11) is 5.24. The Hall–Kier alpha value is -13.6. The summed E-state index contributed by atoms with van der Waals surface area (Å²) in [5, 5.41) is 60.2. The summed E-state index contributed by atoms with van der Waals surface area (Å²) in [5.41, 5.74) is 19.5. The van der Waals surface area contributed by atoms with Gasteiger partial charge in [0, 0.05) is 119 Å². The number of aromatic nitrogens is 4. The van der Waals surface area contributed by atoms with Gasteiger partial charge < -0.3 is 130 Å². The monoisotopic (exact) mass is 1870 g/mol. The van der Waals surface area contributed by atoms with Gasteiger partial charge in [0.1, 0.15) is 90.3 Å². The van der Waals surface area contributed by atoms with Crippen LogP contribution in [0.15, 0.2) is 97.7 Å². The van der Waals surface area contributed by atoms with E-state index in [0.717, 1.165) is 36.3 Å². The van der Waals surface area contributed by atoms with Crippen molar-refractivity contribution in [2.75, 3.05) is 72.6 Å². The van der Waals surface area contributed by atoms with Crippen molar-refractivity contribution in [3.8, 4) is 5.75 Å². The minimum absolute atomic E-state index is 0.0323. The molecule has 6 heterocycles. The number of nitrogens with zero attached hydrogens (tertiary/aromatic N) is 6. The molecule has 22 N–H and O–H groups in total. The molecule has 3 aromatic heterocycles. The SMILES string of the molecule is CCCC[C@H]1C(=O)N(C)[C@@H](CCCC)C(=O)N[C@@H](CO)C(=O)N[C@H](C(=O)NCC(N)=O)CSCC(=O)N[C@@H](Cc2ccc(OC)cc2)C(=O)N(C)[C@@H](C)C(=O)N[C@@H](CC(N)=O)C(=O)N2CCC[C@H]2C(=O)N[C@@H](Cc2c[nH]cn2)C(=O)N[C@@H](CCC(N)=O)C(=O)N2C[C@H](O)C[C@H]2C(=O)N[C@@H](Cc2c[nH]c3ccccc23)C(=O)N[C@@H](CO)C(=O)N[C@@H](Cc2c[nH]c3ccccc23)C(=O)N1C. The first-order valence-corrected chi connectivity index (χ1v) is 45.1. The van der Waals surface area contributed by atoms with Crippen LogP contribution in [-0.2, 0) is 112 Å². The van der Waals surface area contributed by atoms with Crippen molar-refractivity contribution in [2.24, 2.45) is 17.2 Å². The number of nitrogens with one attached hydrogen (secondary N) is 13. The number of H-pyrrole nitrogens is 3. The Kier molecular flexibility index (Phi) is 38.1. The molecule has 9 rings (SSSR count). The number of primary amides is 3. The van der Waals surface area contributed by atoms with E-state index in [9.17, 15) is 68.1 Å². The van der Waals surface area contributed by atoms with Gasteiger partial charge in [-0.3, -0.25) is 86.3 Å². The summed E-state index contributed by atoms with van der Waals surface area (Å²) < 4.78 is 5.32. The van der Waals surface area contributed by atoms with Gasteiger partial charge in [0.15, 0.2) is 0 Å². The average molecular weight is 1870 g/mol. The molecule has 0 radical (unpaired) electrons. The minimum Gasteiger partial charge on any atom is -0.497 e. The molecule has 6 aromatic rings. The van der Waals surface area contributed by atoms with E-state index in [4.69, 9.17) is 21.9 Å². The third kappa shape index (κ3) is 28.0.